The van der Waals surface area contributed by atoms with Crippen LogP contribution in [0.2, 0.25) is 0 Å². The fourth-order valence-corrected chi connectivity index (χ4v) is 2.06. The molecule has 17 heavy (non-hydrogen) atoms. The van der Waals surface area contributed by atoms with Gasteiger partial charge in [-0.2, -0.15) is 0 Å². The van der Waals surface area contributed by atoms with Crippen LogP contribution >= 0.6 is 0 Å². The van der Waals surface area contributed by atoms with E-state index in [4.69, 9.17) is 0 Å². The lowest BCUT2D eigenvalue weighted by Gasteiger charge is -2.37. The van der Waals surface area contributed by atoms with Crippen molar-refractivity contribution in [3.8, 4) is 0 Å². The van der Waals surface area contributed by atoms with E-state index in [9.17, 15) is 9.90 Å². The first-order valence-electron chi connectivity index (χ1n) is 6.48. The van der Waals surface area contributed by atoms with Crippen LogP contribution in [0.5, 0.6) is 0 Å². The smallest absolute Gasteiger partial charge is 0.149 e. The molecule has 0 aromatic carbocycles. The summed E-state index contributed by atoms with van der Waals surface area (Å²) in [6, 6.07) is 0. The number of hydrogen-bond donors (Lipinski definition) is 1. The number of rotatable bonds is 5. The minimum absolute atomic E-state index is 0.129. The summed E-state index contributed by atoms with van der Waals surface area (Å²) in [6.07, 6.45) is 0. The zero-order chi connectivity index (χ0) is 13.1. The van der Waals surface area contributed by atoms with Crippen molar-refractivity contribution in [1.29, 1.82) is 0 Å². The average Bonchev–Trinajstić information content (AvgIpc) is 2.18. The molecule has 0 spiro atoms. The monoisotopic (exact) mass is 242 g/mol. The molecule has 0 bridgehead atoms. The van der Waals surface area contributed by atoms with Crippen LogP contribution in [0, 0.1) is 5.92 Å². The molecule has 1 saturated heterocycles. The molecule has 1 aliphatic rings. The average molecular weight is 242 g/mol. The first kappa shape index (κ1) is 14.6. The van der Waals surface area contributed by atoms with Crippen LogP contribution < -0.4 is 0 Å². The van der Waals surface area contributed by atoms with Crippen LogP contribution in [0.1, 0.15) is 27.7 Å². The van der Waals surface area contributed by atoms with Crippen molar-refractivity contribution in [2.75, 3.05) is 39.3 Å². The van der Waals surface area contributed by atoms with Gasteiger partial charge in [0.15, 0.2) is 0 Å². The molecule has 4 heteroatoms. The zero-order valence-corrected chi connectivity index (χ0v) is 11.6. The number of β-amino-alcohol motifs (C(OH)–C–C–N with tert-alkyl or cyclic N) is 1. The lowest BCUT2D eigenvalue weighted by atomic mass is 10.1. The summed E-state index contributed by atoms with van der Waals surface area (Å²) >= 11 is 0. The Hall–Kier alpha value is -0.450. The van der Waals surface area contributed by atoms with Crippen molar-refractivity contribution in [3.63, 3.8) is 0 Å². The maximum Gasteiger partial charge on any atom is 0.149 e. The van der Waals surface area contributed by atoms with Crippen molar-refractivity contribution < 1.29 is 9.90 Å². The van der Waals surface area contributed by atoms with Gasteiger partial charge in [0, 0.05) is 38.6 Å². The van der Waals surface area contributed by atoms with E-state index in [0.29, 0.717) is 18.9 Å². The molecule has 4 nitrogen and oxygen atoms in total. The number of Topliss-reactive ketones (excluding diaryl/α,β-unsaturated/α-hetero) is 1. The molecule has 0 unspecified atom stereocenters. The Morgan fingerprint density at radius 1 is 1.18 bits per heavy atom. The van der Waals surface area contributed by atoms with E-state index in [2.05, 4.69) is 9.80 Å². The summed E-state index contributed by atoms with van der Waals surface area (Å²) in [5.41, 5.74) is -0.629. The van der Waals surface area contributed by atoms with Crippen molar-refractivity contribution in [2.45, 2.75) is 33.3 Å². The Kier molecular flexibility index (Phi) is 5.10. The van der Waals surface area contributed by atoms with Crippen molar-refractivity contribution >= 4 is 5.78 Å². The van der Waals surface area contributed by atoms with Crippen molar-refractivity contribution in [1.82, 2.24) is 9.80 Å². The summed E-state index contributed by atoms with van der Waals surface area (Å²) in [6.45, 7) is 12.6. The molecule has 0 saturated carbocycles. The highest BCUT2D eigenvalue weighted by atomic mass is 16.3. The Morgan fingerprint density at radius 2 is 1.65 bits per heavy atom. The third-order valence-corrected chi connectivity index (χ3v) is 3.10. The highest BCUT2D eigenvalue weighted by Gasteiger charge is 2.23. The number of piperazine rings is 1. The fraction of sp³-hybridized carbons (Fsp3) is 0.923. The molecule has 0 aromatic heterocycles. The van der Waals surface area contributed by atoms with Crippen LogP contribution in [-0.2, 0) is 4.79 Å². The highest BCUT2D eigenvalue weighted by molar-refractivity contribution is 5.82. The number of carbonyl (C=O) groups excluding carboxylic acids is 1. The summed E-state index contributed by atoms with van der Waals surface area (Å²) in [5, 5.41) is 9.74. The summed E-state index contributed by atoms with van der Waals surface area (Å²) in [4.78, 5) is 16.1. The van der Waals surface area contributed by atoms with Crippen LogP contribution in [0.3, 0.4) is 0 Å². The number of ketones is 1. The third kappa shape index (κ3) is 5.61. The van der Waals surface area contributed by atoms with E-state index in [0.717, 1.165) is 26.2 Å². The van der Waals surface area contributed by atoms with E-state index in [-0.39, 0.29) is 5.92 Å². The molecule has 1 fully saturated rings. The molecule has 1 rings (SSSR count). The van der Waals surface area contributed by atoms with Gasteiger partial charge >= 0.3 is 0 Å². The molecular weight excluding hydrogens is 216 g/mol. The Bertz CT molecular complexity index is 251. The predicted octanol–water partition coefficient (Wildman–Crippen LogP) is 0.600. The number of carbonyl (C=O) groups is 1. The van der Waals surface area contributed by atoms with Gasteiger partial charge in [-0.3, -0.25) is 14.6 Å². The topological polar surface area (TPSA) is 43.8 Å². The minimum atomic E-state index is -0.629. The van der Waals surface area contributed by atoms with Gasteiger partial charge in [0.05, 0.1) is 12.1 Å². The second-order valence-electron chi connectivity index (χ2n) is 5.99. The maximum absolute atomic E-state index is 11.6. The highest BCUT2D eigenvalue weighted by Crippen LogP contribution is 2.09. The minimum Gasteiger partial charge on any atom is -0.389 e. The lowest BCUT2D eigenvalue weighted by molar-refractivity contribution is -0.123. The van der Waals surface area contributed by atoms with Gasteiger partial charge in [-0.1, -0.05) is 13.8 Å². The number of hydrogen-bond acceptors (Lipinski definition) is 4. The van der Waals surface area contributed by atoms with Crippen LogP contribution in [-0.4, -0.2) is 65.6 Å². The molecule has 0 radical (unpaired) electrons. The number of nitrogens with zero attached hydrogens (tertiary/aromatic N) is 2. The second-order valence-corrected chi connectivity index (χ2v) is 5.99. The quantitative estimate of drug-likeness (QED) is 0.767. The van der Waals surface area contributed by atoms with Gasteiger partial charge in [-0.05, 0) is 13.8 Å². The molecule has 100 valence electrons. The zero-order valence-electron chi connectivity index (χ0n) is 11.6. The molecule has 0 aromatic rings. The molecular formula is C13H26N2O2. The van der Waals surface area contributed by atoms with Gasteiger partial charge in [0.2, 0.25) is 0 Å². The fourth-order valence-electron chi connectivity index (χ4n) is 2.06. The van der Waals surface area contributed by atoms with E-state index in [1.807, 2.05) is 27.7 Å². The first-order valence-corrected chi connectivity index (χ1v) is 6.48. The number of aliphatic hydroxyl groups is 1. The van der Waals surface area contributed by atoms with Gasteiger partial charge in [0.1, 0.15) is 5.78 Å². The molecule has 1 N–H and O–H groups in total. The van der Waals surface area contributed by atoms with Crippen molar-refractivity contribution in [2.24, 2.45) is 5.92 Å². The van der Waals surface area contributed by atoms with Crippen LogP contribution in [0.15, 0.2) is 0 Å². The van der Waals surface area contributed by atoms with Gasteiger partial charge in [-0.25, -0.2) is 0 Å². The Labute approximate surface area is 105 Å². The largest absolute Gasteiger partial charge is 0.389 e. The Morgan fingerprint density at radius 3 is 2.06 bits per heavy atom. The molecule has 0 amide bonds. The van der Waals surface area contributed by atoms with E-state index in [1.165, 1.54) is 0 Å². The summed E-state index contributed by atoms with van der Waals surface area (Å²) in [5.74, 6) is 0.449. The molecule has 1 heterocycles. The SMILES string of the molecule is CC(C)C(=O)CN1CCN(CC(C)(C)O)CC1. The maximum atomic E-state index is 11.6. The summed E-state index contributed by atoms with van der Waals surface area (Å²) < 4.78 is 0. The second kappa shape index (κ2) is 5.94. The van der Waals surface area contributed by atoms with Crippen molar-refractivity contribution in [3.05, 3.63) is 0 Å². The van der Waals surface area contributed by atoms with Gasteiger partial charge in [0.25, 0.3) is 0 Å². The lowest BCUT2D eigenvalue weighted by Crippen LogP contribution is -2.51. The first-order chi connectivity index (χ1) is 7.78. The predicted molar refractivity (Wildman–Crippen MR) is 69.0 cm³/mol. The normalized spacial score (nSPS) is 19.9. The molecule has 0 aliphatic carbocycles. The molecule has 1 aliphatic heterocycles. The van der Waals surface area contributed by atoms with E-state index in [1.54, 1.807) is 0 Å². The Balaban J connectivity index is 2.29. The van der Waals surface area contributed by atoms with E-state index >= 15 is 0 Å². The van der Waals surface area contributed by atoms with Crippen LogP contribution in [0.25, 0.3) is 0 Å². The van der Waals surface area contributed by atoms with Gasteiger partial charge in [-0.15, -0.1) is 0 Å². The van der Waals surface area contributed by atoms with Crippen LogP contribution in [0.4, 0.5) is 0 Å². The van der Waals surface area contributed by atoms with Gasteiger partial charge < -0.3 is 5.11 Å². The molecule has 0 atom stereocenters. The standard InChI is InChI=1S/C13H26N2O2/c1-11(2)12(16)9-14-5-7-15(8-6-14)10-13(3,4)17/h11,17H,5-10H2,1-4H3. The summed E-state index contributed by atoms with van der Waals surface area (Å²) in [7, 11) is 0. The third-order valence-electron chi connectivity index (χ3n) is 3.10. The van der Waals surface area contributed by atoms with E-state index < -0.39 is 5.60 Å².